The number of piperidine rings is 1. The number of aryl methyl sites for hydroxylation is 2. The molecule has 0 radical (unpaired) electrons. The molecular weight excluding hydrogens is 422 g/mol. The van der Waals surface area contributed by atoms with Crippen LogP contribution in [0.5, 0.6) is 5.75 Å². The second-order valence-electron chi connectivity index (χ2n) is 10.8. The fraction of sp³-hybridized carbons (Fsp3) is 0.552. The van der Waals surface area contributed by atoms with Crippen LogP contribution in [0.1, 0.15) is 67.2 Å². The molecule has 5 heteroatoms. The van der Waals surface area contributed by atoms with Crippen LogP contribution in [0.4, 0.5) is 10.5 Å². The molecule has 1 saturated carbocycles. The Morgan fingerprint density at radius 3 is 2.41 bits per heavy atom. The van der Waals surface area contributed by atoms with E-state index >= 15 is 0 Å². The summed E-state index contributed by atoms with van der Waals surface area (Å²) in [5.41, 5.74) is 6.43. The van der Waals surface area contributed by atoms with Gasteiger partial charge in [0, 0.05) is 30.2 Å². The Balaban J connectivity index is 1.33. The molecule has 5 nitrogen and oxygen atoms in total. The molecule has 0 bridgehead atoms. The van der Waals surface area contributed by atoms with Crippen LogP contribution in [0.15, 0.2) is 36.4 Å². The van der Waals surface area contributed by atoms with Gasteiger partial charge in [0.15, 0.2) is 0 Å². The van der Waals surface area contributed by atoms with Crippen molar-refractivity contribution in [1.82, 2.24) is 10.2 Å². The minimum Gasteiger partial charge on any atom is -0.497 e. The third-order valence-corrected chi connectivity index (χ3v) is 8.21. The summed E-state index contributed by atoms with van der Waals surface area (Å²) in [5.74, 6) is 0.880. The molecule has 0 unspecified atom stereocenters. The SMILES string of the molecule is COc1ccc2c(c1)C1(CCN(Cc3cc(C)cc(C)c3)CC1)CN2C(=O)NC1CCCCC1. The Bertz CT molecular complexity index is 1020. The fourth-order valence-corrected chi connectivity index (χ4v) is 6.44. The van der Waals surface area contributed by atoms with E-state index in [0.29, 0.717) is 6.04 Å². The molecule has 5 rings (SSSR count). The number of carbonyl (C=O) groups is 1. The molecule has 2 amide bonds. The molecule has 0 aromatic heterocycles. The van der Waals surface area contributed by atoms with E-state index in [1.165, 1.54) is 41.5 Å². The topological polar surface area (TPSA) is 44.8 Å². The molecule has 3 aliphatic rings. The van der Waals surface area contributed by atoms with Gasteiger partial charge in [0.2, 0.25) is 0 Å². The molecule has 1 aliphatic carbocycles. The van der Waals surface area contributed by atoms with Crippen LogP contribution in [0.2, 0.25) is 0 Å². The molecule has 2 aliphatic heterocycles. The van der Waals surface area contributed by atoms with Crippen LogP contribution in [0, 0.1) is 13.8 Å². The summed E-state index contributed by atoms with van der Waals surface area (Å²) in [7, 11) is 1.73. The third-order valence-electron chi connectivity index (χ3n) is 8.21. The van der Waals surface area contributed by atoms with Crippen LogP contribution < -0.4 is 15.0 Å². The van der Waals surface area contributed by atoms with E-state index < -0.39 is 0 Å². The average Bonchev–Trinajstić information content (AvgIpc) is 3.14. The van der Waals surface area contributed by atoms with Crippen LogP contribution in [-0.2, 0) is 12.0 Å². The third kappa shape index (κ3) is 4.68. The van der Waals surface area contributed by atoms with Crippen molar-refractivity contribution >= 4 is 11.7 Å². The van der Waals surface area contributed by atoms with Gasteiger partial charge >= 0.3 is 6.03 Å². The lowest BCUT2D eigenvalue weighted by Gasteiger charge is -2.40. The number of nitrogens with one attached hydrogen (secondary N) is 1. The number of methoxy groups -OCH3 is 1. The van der Waals surface area contributed by atoms with E-state index in [1.54, 1.807) is 7.11 Å². The monoisotopic (exact) mass is 461 g/mol. The van der Waals surface area contributed by atoms with Crippen molar-refractivity contribution in [3.63, 3.8) is 0 Å². The van der Waals surface area contributed by atoms with Crippen molar-refractivity contribution in [1.29, 1.82) is 0 Å². The van der Waals surface area contributed by atoms with Gasteiger partial charge in [-0.1, -0.05) is 48.6 Å². The molecule has 1 saturated heterocycles. The Labute approximate surface area is 204 Å². The number of hydrogen-bond acceptors (Lipinski definition) is 3. The summed E-state index contributed by atoms with van der Waals surface area (Å²) in [6.45, 7) is 8.21. The second-order valence-corrected chi connectivity index (χ2v) is 10.8. The summed E-state index contributed by atoms with van der Waals surface area (Å²) in [6, 6.07) is 13.5. The maximum absolute atomic E-state index is 13.4. The molecule has 1 N–H and O–H groups in total. The van der Waals surface area contributed by atoms with Crippen LogP contribution in [0.3, 0.4) is 0 Å². The largest absolute Gasteiger partial charge is 0.497 e. The molecule has 0 atom stereocenters. The van der Waals surface area contributed by atoms with E-state index in [0.717, 1.165) is 63.3 Å². The van der Waals surface area contributed by atoms with E-state index in [2.05, 4.69) is 54.4 Å². The maximum atomic E-state index is 13.4. The number of anilines is 1. The smallest absolute Gasteiger partial charge is 0.322 e. The minimum atomic E-state index is 0.00675. The lowest BCUT2D eigenvalue weighted by molar-refractivity contribution is 0.159. The highest BCUT2D eigenvalue weighted by Gasteiger charge is 2.46. The first kappa shape index (κ1) is 23.2. The zero-order valence-corrected chi connectivity index (χ0v) is 21.0. The highest BCUT2D eigenvalue weighted by Crippen LogP contribution is 2.48. The van der Waals surface area contributed by atoms with Gasteiger partial charge in [-0.3, -0.25) is 9.80 Å². The van der Waals surface area contributed by atoms with Crippen molar-refractivity contribution in [3.05, 3.63) is 58.7 Å². The lowest BCUT2D eigenvalue weighted by Crippen LogP contribution is -2.49. The Morgan fingerprint density at radius 2 is 1.74 bits per heavy atom. The van der Waals surface area contributed by atoms with Crippen LogP contribution in [0.25, 0.3) is 0 Å². The van der Waals surface area contributed by atoms with Gasteiger partial charge in [0.05, 0.1) is 7.11 Å². The second kappa shape index (κ2) is 9.61. The summed E-state index contributed by atoms with van der Waals surface area (Å²) in [4.78, 5) is 18.0. The number of hydrogen-bond donors (Lipinski definition) is 1. The van der Waals surface area contributed by atoms with Crippen molar-refractivity contribution in [2.75, 3.05) is 31.6 Å². The zero-order chi connectivity index (χ0) is 23.7. The van der Waals surface area contributed by atoms with Gasteiger partial charge in [0.25, 0.3) is 0 Å². The van der Waals surface area contributed by atoms with Gasteiger partial charge in [-0.2, -0.15) is 0 Å². The molecule has 2 aromatic carbocycles. The minimum absolute atomic E-state index is 0.00675. The van der Waals surface area contributed by atoms with Gasteiger partial charge in [-0.25, -0.2) is 4.79 Å². The van der Waals surface area contributed by atoms with Crippen LogP contribution >= 0.6 is 0 Å². The van der Waals surface area contributed by atoms with E-state index in [-0.39, 0.29) is 11.4 Å². The standard InChI is InChI=1S/C29H39N3O2/c1-21-15-22(2)17-23(16-21)19-31-13-11-29(12-14-31)20-32(27-10-9-25(34-3)18-26(27)29)28(33)30-24-7-5-4-6-8-24/h9-10,15-18,24H,4-8,11-14,19-20H2,1-3H3,(H,30,33). The molecule has 2 aromatic rings. The molecule has 2 heterocycles. The van der Waals surface area contributed by atoms with E-state index in [4.69, 9.17) is 4.74 Å². The first-order valence-corrected chi connectivity index (χ1v) is 13.0. The van der Waals surface area contributed by atoms with Gasteiger partial charge in [0.1, 0.15) is 5.75 Å². The van der Waals surface area contributed by atoms with Gasteiger partial charge in [-0.15, -0.1) is 0 Å². The van der Waals surface area contributed by atoms with Crippen molar-refractivity contribution in [2.45, 2.75) is 76.8 Å². The predicted molar refractivity (Wildman–Crippen MR) is 138 cm³/mol. The summed E-state index contributed by atoms with van der Waals surface area (Å²) in [6.07, 6.45) is 8.07. The summed E-state index contributed by atoms with van der Waals surface area (Å²) < 4.78 is 5.58. The van der Waals surface area contributed by atoms with Gasteiger partial charge in [-0.05, 0) is 81.9 Å². The van der Waals surface area contributed by atoms with Crippen molar-refractivity contribution in [2.24, 2.45) is 0 Å². The number of carbonyl (C=O) groups excluding carboxylic acids is 1. The fourth-order valence-electron chi connectivity index (χ4n) is 6.44. The Hall–Kier alpha value is -2.53. The number of urea groups is 1. The average molecular weight is 462 g/mol. The molecule has 182 valence electrons. The highest BCUT2D eigenvalue weighted by molar-refractivity contribution is 5.95. The quantitative estimate of drug-likeness (QED) is 0.634. The van der Waals surface area contributed by atoms with Crippen molar-refractivity contribution in [3.8, 4) is 5.75 Å². The maximum Gasteiger partial charge on any atom is 0.322 e. The van der Waals surface area contributed by atoms with Gasteiger partial charge < -0.3 is 10.1 Å². The lowest BCUT2D eigenvalue weighted by atomic mass is 9.74. The number of ether oxygens (including phenoxy) is 1. The molecular formula is C29H39N3O2. The number of nitrogens with zero attached hydrogens (tertiary/aromatic N) is 2. The number of rotatable bonds is 4. The number of amides is 2. The summed E-state index contributed by atoms with van der Waals surface area (Å²) in [5, 5.41) is 3.35. The van der Waals surface area contributed by atoms with Crippen LogP contribution in [-0.4, -0.2) is 43.7 Å². The Morgan fingerprint density at radius 1 is 1.03 bits per heavy atom. The highest BCUT2D eigenvalue weighted by atomic mass is 16.5. The molecule has 2 fully saturated rings. The number of fused-ring (bicyclic) bond motifs is 2. The van der Waals surface area contributed by atoms with Crippen molar-refractivity contribution < 1.29 is 9.53 Å². The molecule has 1 spiro atoms. The predicted octanol–water partition coefficient (Wildman–Crippen LogP) is 5.71. The Kier molecular flexibility index (Phi) is 6.57. The van der Waals surface area contributed by atoms with E-state index in [9.17, 15) is 4.79 Å². The normalized spacial score (nSPS) is 20.4. The summed E-state index contributed by atoms with van der Waals surface area (Å²) >= 11 is 0. The first-order valence-electron chi connectivity index (χ1n) is 13.0. The number of benzene rings is 2. The molecule has 34 heavy (non-hydrogen) atoms. The van der Waals surface area contributed by atoms with E-state index in [1.807, 2.05) is 11.0 Å². The number of likely N-dealkylation sites (tertiary alicyclic amines) is 1. The zero-order valence-electron chi connectivity index (χ0n) is 21.0. The first-order chi connectivity index (χ1) is 16.5.